The highest BCUT2D eigenvalue weighted by molar-refractivity contribution is 5.93. The second-order valence-electron chi connectivity index (χ2n) is 8.98. The lowest BCUT2D eigenvalue weighted by Crippen LogP contribution is -2.33. The van der Waals surface area contributed by atoms with E-state index in [1.165, 1.54) is 38.3 Å². The van der Waals surface area contributed by atoms with Crippen LogP contribution in [0.1, 0.15) is 79.8 Å². The molecule has 3 aromatic rings. The van der Waals surface area contributed by atoms with Gasteiger partial charge >= 0.3 is 0 Å². The van der Waals surface area contributed by atoms with Crippen LogP contribution in [0, 0.1) is 5.92 Å². The normalized spacial score (nSPS) is 14.3. The second kappa shape index (κ2) is 11.1. The van der Waals surface area contributed by atoms with Gasteiger partial charge in [0.2, 0.25) is 11.7 Å². The first-order chi connectivity index (χ1) is 16.6. The van der Waals surface area contributed by atoms with E-state index in [9.17, 15) is 9.59 Å². The third-order valence-corrected chi connectivity index (χ3v) is 6.55. The molecule has 34 heavy (non-hydrogen) atoms. The predicted octanol–water partition coefficient (Wildman–Crippen LogP) is 4.96. The summed E-state index contributed by atoms with van der Waals surface area (Å²) in [6.07, 6.45) is 9.33. The fourth-order valence-electron chi connectivity index (χ4n) is 4.38. The number of hydrogen-bond acceptors (Lipinski definition) is 5. The van der Waals surface area contributed by atoms with Gasteiger partial charge in [-0.2, -0.15) is 5.10 Å². The molecule has 2 aromatic heterocycles. The Kier molecular flexibility index (Phi) is 7.77. The Bertz CT molecular complexity index is 1110. The highest BCUT2D eigenvalue weighted by Gasteiger charge is 2.18. The maximum atomic E-state index is 12.6. The molecule has 2 heterocycles. The van der Waals surface area contributed by atoms with E-state index in [1.807, 2.05) is 38.1 Å². The van der Waals surface area contributed by atoms with Gasteiger partial charge in [-0.1, -0.05) is 45.2 Å². The smallest absolute Gasteiger partial charge is 0.288 e. The summed E-state index contributed by atoms with van der Waals surface area (Å²) in [6.45, 7) is 4.78. The number of rotatable bonds is 9. The lowest BCUT2D eigenvalue weighted by Gasteiger charge is -2.21. The molecule has 1 aliphatic rings. The van der Waals surface area contributed by atoms with Crippen molar-refractivity contribution in [2.24, 2.45) is 5.92 Å². The van der Waals surface area contributed by atoms with E-state index < -0.39 is 0 Å². The van der Waals surface area contributed by atoms with Gasteiger partial charge in [-0.25, -0.2) is 4.98 Å². The van der Waals surface area contributed by atoms with Crippen LogP contribution in [0.25, 0.3) is 22.7 Å². The van der Waals surface area contributed by atoms with Gasteiger partial charge in [-0.3, -0.25) is 14.7 Å². The minimum absolute atomic E-state index is 0.109. The van der Waals surface area contributed by atoms with E-state index in [0.717, 1.165) is 24.0 Å². The van der Waals surface area contributed by atoms with Gasteiger partial charge in [-0.05, 0) is 49.8 Å². The van der Waals surface area contributed by atoms with Crippen molar-refractivity contribution in [3.63, 3.8) is 0 Å². The zero-order valence-electron chi connectivity index (χ0n) is 19.9. The van der Waals surface area contributed by atoms with Crippen LogP contribution in [0.15, 0.2) is 40.9 Å². The fourth-order valence-corrected chi connectivity index (χ4v) is 4.38. The van der Waals surface area contributed by atoms with Gasteiger partial charge in [0, 0.05) is 23.7 Å². The fraction of sp³-hybridized carbons (Fsp3) is 0.462. The Morgan fingerprint density at radius 3 is 2.62 bits per heavy atom. The Morgan fingerprint density at radius 2 is 1.85 bits per heavy atom. The highest BCUT2D eigenvalue weighted by Crippen LogP contribution is 2.26. The predicted molar refractivity (Wildman–Crippen MR) is 130 cm³/mol. The Balaban J connectivity index is 1.42. The molecule has 0 radical (unpaired) electrons. The van der Waals surface area contributed by atoms with Crippen LogP contribution >= 0.6 is 0 Å². The molecule has 0 saturated heterocycles. The lowest BCUT2D eigenvalue weighted by molar-refractivity contribution is 0.0906. The van der Waals surface area contributed by atoms with E-state index in [2.05, 4.69) is 25.8 Å². The van der Waals surface area contributed by atoms with E-state index in [4.69, 9.17) is 4.42 Å². The molecule has 8 heteroatoms. The first-order valence-corrected chi connectivity index (χ1v) is 12.3. The molecule has 1 saturated carbocycles. The average Bonchev–Trinajstić information content (AvgIpc) is 3.57. The van der Waals surface area contributed by atoms with Crippen molar-refractivity contribution < 1.29 is 14.0 Å². The molecule has 0 spiro atoms. The van der Waals surface area contributed by atoms with Gasteiger partial charge in [0.05, 0.1) is 11.9 Å². The summed E-state index contributed by atoms with van der Waals surface area (Å²) < 4.78 is 5.73. The number of oxazole rings is 1. The summed E-state index contributed by atoms with van der Waals surface area (Å²) in [5.41, 5.74) is 2.64. The Labute approximate surface area is 199 Å². The quantitative estimate of drug-likeness (QED) is 0.415. The van der Waals surface area contributed by atoms with Crippen LogP contribution in [0.2, 0.25) is 0 Å². The Morgan fingerprint density at radius 1 is 1.09 bits per heavy atom. The third-order valence-electron chi connectivity index (χ3n) is 6.55. The molecule has 1 aromatic carbocycles. The molecular formula is C26H33N5O3. The molecule has 180 valence electrons. The van der Waals surface area contributed by atoms with Gasteiger partial charge in [-0.15, -0.1) is 0 Å². The molecule has 1 fully saturated rings. The van der Waals surface area contributed by atoms with Gasteiger partial charge in [0.25, 0.3) is 11.8 Å². The van der Waals surface area contributed by atoms with Crippen LogP contribution in [0.3, 0.4) is 0 Å². The van der Waals surface area contributed by atoms with E-state index in [0.29, 0.717) is 29.7 Å². The van der Waals surface area contributed by atoms with E-state index >= 15 is 0 Å². The monoisotopic (exact) mass is 463 g/mol. The van der Waals surface area contributed by atoms with Gasteiger partial charge in [0.15, 0.2) is 0 Å². The number of carbonyl (C=O) groups excluding carboxylic acids is 2. The maximum Gasteiger partial charge on any atom is 0.288 e. The molecular weight excluding hydrogens is 430 g/mol. The SMILES string of the molecule is CCC(CC)NC(=O)c1cnc(-c2cccc(-c3cc(C(=O)NCC4CCCCC4)[nH]n3)c2)o1. The summed E-state index contributed by atoms with van der Waals surface area (Å²) >= 11 is 0. The van der Waals surface area contributed by atoms with Gasteiger partial charge in [0.1, 0.15) is 5.69 Å². The van der Waals surface area contributed by atoms with Crippen molar-refractivity contribution in [3.05, 3.63) is 48.0 Å². The molecule has 2 amide bonds. The zero-order valence-corrected chi connectivity index (χ0v) is 19.9. The van der Waals surface area contributed by atoms with Crippen LogP contribution in [-0.2, 0) is 0 Å². The molecule has 3 N–H and O–H groups in total. The summed E-state index contributed by atoms with van der Waals surface area (Å²) in [6, 6.07) is 9.39. The first kappa shape index (κ1) is 23.7. The number of hydrogen-bond donors (Lipinski definition) is 3. The average molecular weight is 464 g/mol. The number of benzene rings is 1. The molecule has 8 nitrogen and oxygen atoms in total. The third kappa shape index (κ3) is 5.73. The minimum atomic E-state index is -0.264. The number of amides is 2. The van der Waals surface area contributed by atoms with Crippen molar-refractivity contribution in [2.45, 2.75) is 64.8 Å². The highest BCUT2D eigenvalue weighted by atomic mass is 16.4. The molecule has 4 rings (SSSR count). The second-order valence-corrected chi connectivity index (χ2v) is 8.98. The summed E-state index contributed by atoms with van der Waals surface area (Å²) in [5, 5.41) is 13.2. The molecule has 0 unspecified atom stereocenters. The topological polar surface area (TPSA) is 113 Å². The maximum absolute atomic E-state index is 12.6. The minimum Gasteiger partial charge on any atom is -0.431 e. The Hall–Kier alpha value is -3.42. The van der Waals surface area contributed by atoms with E-state index in [1.54, 1.807) is 6.07 Å². The molecule has 1 aliphatic carbocycles. The van der Waals surface area contributed by atoms with Crippen molar-refractivity contribution in [2.75, 3.05) is 6.54 Å². The van der Waals surface area contributed by atoms with Gasteiger partial charge < -0.3 is 15.1 Å². The number of H-pyrrole nitrogens is 1. The number of carbonyl (C=O) groups is 2. The van der Waals surface area contributed by atoms with Crippen LogP contribution in [0.4, 0.5) is 0 Å². The number of nitrogens with zero attached hydrogens (tertiary/aromatic N) is 2. The van der Waals surface area contributed by atoms with E-state index in [-0.39, 0.29) is 23.6 Å². The number of nitrogens with one attached hydrogen (secondary N) is 3. The van der Waals surface area contributed by atoms with Crippen molar-refractivity contribution in [1.29, 1.82) is 0 Å². The standard InChI is InChI=1S/C26H33N5O3/c1-3-20(4-2)29-25(33)23-16-28-26(34-23)19-12-8-11-18(13-19)21-14-22(31-30-21)24(32)27-15-17-9-6-5-7-10-17/h8,11-14,16-17,20H,3-7,9-10,15H2,1-2H3,(H,27,32)(H,29,33)(H,30,31). The van der Waals surface area contributed by atoms with Crippen molar-refractivity contribution in [3.8, 4) is 22.7 Å². The number of aromatic amines is 1. The zero-order chi connectivity index (χ0) is 23.9. The summed E-state index contributed by atoms with van der Waals surface area (Å²) in [4.78, 5) is 29.3. The first-order valence-electron chi connectivity index (χ1n) is 12.3. The molecule has 0 atom stereocenters. The lowest BCUT2D eigenvalue weighted by atomic mass is 9.89. The molecule has 0 bridgehead atoms. The van der Waals surface area contributed by atoms with Crippen LogP contribution in [0.5, 0.6) is 0 Å². The van der Waals surface area contributed by atoms with Crippen LogP contribution in [-0.4, -0.2) is 39.6 Å². The number of aromatic nitrogens is 3. The molecule has 0 aliphatic heterocycles. The largest absolute Gasteiger partial charge is 0.431 e. The van der Waals surface area contributed by atoms with Crippen LogP contribution < -0.4 is 10.6 Å². The van der Waals surface area contributed by atoms with Crippen molar-refractivity contribution in [1.82, 2.24) is 25.8 Å². The van der Waals surface area contributed by atoms with Crippen molar-refractivity contribution >= 4 is 11.8 Å². The summed E-state index contributed by atoms with van der Waals surface area (Å²) in [7, 11) is 0. The summed E-state index contributed by atoms with van der Waals surface area (Å²) in [5.74, 6) is 0.710.